The number of rotatable bonds is 1. The molecule has 2 aliphatic carbocycles. The summed E-state index contributed by atoms with van der Waals surface area (Å²) in [6, 6.07) is 0. The first-order chi connectivity index (χ1) is 4.97. The molecule has 0 spiro atoms. The SMILES string of the molecule is [CH]1[CH][CH][C](C2=CCC=C2)[CH]1. The molecule has 0 aromatic carbocycles. The standard InChI is InChI=1S/C10H9/c1-2-6-9(5-1)10-7-3-4-8-10/h1-3,5-8H,4H2. The van der Waals surface area contributed by atoms with Crippen LogP contribution < -0.4 is 0 Å². The summed E-state index contributed by atoms with van der Waals surface area (Å²) in [4.78, 5) is 0. The Morgan fingerprint density at radius 2 is 1.90 bits per heavy atom. The summed E-state index contributed by atoms with van der Waals surface area (Å²) in [6.07, 6.45) is 16.1. The highest BCUT2D eigenvalue weighted by Gasteiger charge is 2.19. The summed E-state index contributed by atoms with van der Waals surface area (Å²) in [6.45, 7) is 0. The molecule has 10 heavy (non-hydrogen) atoms. The van der Waals surface area contributed by atoms with Gasteiger partial charge in [-0.2, -0.15) is 0 Å². The third kappa shape index (κ3) is 1.03. The van der Waals surface area contributed by atoms with Crippen molar-refractivity contribution < 1.29 is 0 Å². The average molecular weight is 129 g/mol. The second-order valence-electron chi connectivity index (χ2n) is 2.47. The Morgan fingerprint density at radius 3 is 2.50 bits per heavy atom. The number of allylic oxidation sites excluding steroid dienone is 4. The van der Waals surface area contributed by atoms with Gasteiger partial charge in [0, 0.05) is 5.92 Å². The fourth-order valence-electron chi connectivity index (χ4n) is 1.24. The minimum absolute atomic E-state index is 1.10. The van der Waals surface area contributed by atoms with Crippen LogP contribution >= 0.6 is 0 Å². The Kier molecular flexibility index (Phi) is 1.62. The molecule has 2 rings (SSSR count). The summed E-state index contributed by atoms with van der Waals surface area (Å²) >= 11 is 0. The Hall–Kier alpha value is -0.520. The van der Waals surface area contributed by atoms with Gasteiger partial charge >= 0.3 is 0 Å². The van der Waals surface area contributed by atoms with Crippen molar-refractivity contribution in [1.82, 2.24) is 0 Å². The molecule has 1 saturated carbocycles. The molecule has 0 heterocycles. The van der Waals surface area contributed by atoms with Crippen molar-refractivity contribution in [3.8, 4) is 0 Å². The van der Waals surface area contributed by atoms with Gasteiger partial charge < -0.3 is 0 Å². The predicted octanol–water partition coefficient (Wildman–Crippen LogP) is 2.28. The third-order valence-electron chi connectivity index (χ3n) is 1.77. The molecule has 0 atom stereocenters. The van der Waals surface area contributed by atoms with Gasteiger partial charge in [-0.05, 0) is 37.7 Å². The van der Waals surface area contributed by atoms with Gasteiger partial charge in [0.15, 0.2) is 0 Å². The van der Waals surface area contributed by atoms with Crippen LogP contribution in [0.25, 0.3) is 0 Å². The fourth-order valence-corrected chi connectivity index (χ4v) is 1.24. The molecule has 0 unspecified atom stereocenters. The third-order valence-corrected chi connectivity index (χ3v) is 1.77. The number of hydrogen-bond donors (Lipinski definition) is 0. The van der Waals surface area contributed by atoms with Gasteiger partial charge in [-0.1, -0.05) is 18.2 Å². The van der Waals surface area contributed by atoms with Crippen LogP contribution in [0, 0.1) is 31.6 Å². The zero-order chi connectivity index (χ0) is 6.81. The van der Waals surface area contributed by atoms with E-state index in [1.54, 1.807) is 0 Å². The van der Waals surface area contributed by atoms with E-state index in [2.05, 4.69) is 43.9 Å². The maximum Gasteiger partial charge on any atom is 0.0120 e. The quantitative estimate of drug-likeness (QED) is 0.509. The smallest absolute Gasteiger partial charge is 0.0120 e. The van der Waals surface area contributed by atoms with E-state index >= 15 is 0 Å². The van der Waals surface area contributed by atoms with Gasteiger partial charge in [0.2, 0.25) is 0 Å². The lowest BCUT2D eigenvalue weighted by atomic mass is 9.99. The minimum atomic E-state index is 1.10. The first-order valence-corrected chi connectivity index (χ1v) is 3.55. The first kappa shape index (κ1) is 6.21. The van der Waals surface area contributed by atoms with E-state index in [0.29, 0.717) is 0 Å². The molecule has 0 aliphatic heterocycles. The molecular weight excluding hydrogens is 120 g/mol. The van der Waals surface area contributed by atoms with Crippen molar-refractivity contribution in [1.29, 1.82) is 0 Å². The Morgan fingerprint density at radius 1 is 1.10 bits per heavy atom. The zero-order valence-electron chi connectivity index (χ0n) is 5.75. The van der Waals surface area contributed by atoms with Gasteiger partial charge in [0.25, 0.3) is 0 Å². The van der Waals surface area contributed by atoms with Crippen LogP contribution in [0.15, 0.2) is 23.8 Å². The Balaban J connectivity index is 2.03. The fraction of sp³-hybridized carbons (Fsp3) is 0.100. The van der Waals surface area contributed by atoms with Crippen LogP contribution in [0.2, 0.25) is 0 Å². The van der Waals surface area contributed by atoms with Crippen LogP contribution in [-0.2, 0) is 0 Å². The summed E-state index contributed by atoms with van der Waals surface area (Å²) in [5.41, 5.74) is 1.37. The van der Waals surface area contributed by atoms with Gasteiger partial charge in [-0.25, -0.2) is 0 Å². The van der Waals surface area contributed by atoms with Gasteiger partial charge in [-0.3, -0.25) is 0 Å². The maximum absolute atomic E-state index is 2.25. The molecule has 5 radical (unpaired) electrons. The average Bonchev–Trinajstić information content (AvgIpc) is 2.59. The molecule has 0 saturated heterocycles. The molecule has 1 fully saturated rings. The van der Waals surface area contributed by atoms with E-state index in [-0.39, 0.29) is 0 Å². The van der Waals surface area contributed by atoms with Crippen molar-refractivity contribution in [3.63, 3.8) is 0 Å². The molecule has 2 aliphatic rings. The molecule has 0 aromatic rings. The summed E-state index contributed by atoms with van der Waals surface area (Å²) in [5, 5.41) is 0. The van der Waals surface area contributed by atoms with Crippen molar-refractivity contribution in [3.05, 3.63) is 55.4 Å². The van der Waals surface area contributed by atoms with Gasteiger partial charge in [-0.15, -0.1) is 0 Å². The Labute approximate surface area is 62.6 Å². The lowest BCUT2D eigenvalue weighted by Gasteiger charge is -2.04. The second-order valence-corrected chi connectivity index (χ2v) is 2.47. The summed E-state index contributed by atoms with van der Waals surface area (Å²) in [5.74, 6) is 1.34. The van der Waals surface area contributed by atoms with E-state index < -0.39 is 0 Å². The van der Waals surface area contributed by atoms with Crippen LogP contribution in [0.1, 0.15) is 6.42 Å². The molecule has 0 bridgehead atoms. The van der Waals surface area contributed by atoms with Gasteiger partial charge in [0.1, 0.15) is 0 Å². The summed E-state index contributed by atoms with van der Waals surface area (Å²) in [7, 11) is 0. The lowest BCUT2D eigenvalue weighted by Crippen LogP contribution is -1.91. The normalized spacial score (nSPS) is 25.8. The van der Waals surface area contributed by atoms with Crippen LogP contribution in [0.3, 0.4) is 0 Å². The van der Waals surface area contributed by atoms with Crippen LogP contribution in [-0.4, -0.2) is 0 Å². The maximum atomic E-state index is 2.25. The largest absolute Gasteiger partial charge is 0.0804 e. The van der Waals surface area contributed by atoms with Crippen molar-refractivity contribution in [2.75, 3.05) is 0 Å². The Bertz CT molecular complexity index is 168. The van der Waals surface area contributed by atoms with E-state index in [1.165, 1.54) is 11.5 Å². The minimum Gasteiger partial charge on any atom is -0.0804 e. The zero-order valence-corrected chi connectivity index (χ0v) is 5.75. The van der Waals surface area contributed by atoms with E-state index in [1.807, 2.05) is 0 Å². The highest BCUT2D eigenvalue weighted by Crippen LogP contribution is 2.32. The first-order valence-electron chi connectivity index (χ1n) is 3.55. The molecule has 0 N–H and O–H groups in total. The van der Waals surface area contributed by atoms with E-state index in [9.17, 15) is 0 Å². The van der Waals surface area contributed by atoms with Crippen molar-refractivity contribution >= 4 is 0 Å². The molecule has 0 amide bonds. The lowest BCUT2D eigenvalue weighted by molar-refractivity contribution is 1.29. The van der Waals surface area contributed by atoms with Crippen LogP contribution in [0.4, 0.5) is 0 Å². The number of hydrogen-bond acceptors (Lipinski definition) is 0. The van der Waals surface area contributed by atoms with Gasteiger partial charge in [0.05, 0.1) is 0 Å². The van der Waals surface area contributed by atoms with Crippen molar-refractivity contribution in [2.45, 2.75) is 6.42 Å². The molecule has 0 heteroatoms. The predicted molar refractivity (Wildman–Crippen MR) is 42.3 cm³/mol. The topological polar surface area (TPSA) is 0 Å². The monoisotopic (exact) mass is 129 g/mol. The molecule has 49 valence electrons. The highest BCUT2D eigenvalue weighted by atomic mass is 14.2. The van der Waals surface area contributed by atoms with Crippen LogP contribution in [0.5, 0.6) is 0 Å². The highest BCUT2D eigenvalue weighted by molar-refractivity contribution is 5.53. The molecular formula is C10H9. The second kappa shape index (κ2) is 2.61. The van der Waals surface area contributed by atoms with Crippen molar-refractivity contribution in [2.24, 2.45) is 0 Å². The molecule has 0 aromatic heterocycles. The van der Waals surface area contributed by atoms with E-state index in [0.717, 1.165) is 6.42 Å². The molecule has 0 nitrogen and oxygen atoms in total. The van der Waals surface area contributed by atoms with E-state index in [4.69, 9.17) is 0 Å². The summed E-state index contributed by atoms with van der Waals surface area (Å²) < 4.78 is 0.